The Kier molecular flexibility index (Phi) is 5.56. The number of halogens is 1. The van der Waals surface area contributed by atoms with Crippen LogP contribution in [0.3, 0.4) is 0 Å². The van der Waals surface area contributed by atoms with Gasteiger partial charge in [-0.3, -0.25) is 9.52 Å². The molecule has 0 saturated carbocycles. The highest BCUT2D eigenvalue weighted by atomic mass is 32.2. The van der Waals surface area contributed by atoms with Gasteiger partial charge in [0.05, 0.1) is 23.1 Å². The van der Waals surface area contributed by atoms with Crippen molar-refractivity contribution in [3.8, 4) is 0 Å². The lowest BCUT2D eigenvalue weighted by molar-refractivity contribution is -0.672. The van der Waals surface area contributed by atoms with E-state index in [1.54, 1.807) is 17.9 Å². The molecule has 0 aliphatic rings. The summed E-state index contributed by atoms with van der Waals surface area (Å²) in [5, 5.41) is 15.0. The number of aromatic carboxylic acids is 1. The van der Waals surface area contributed by atoms with Gasteiger partial charge in [0.15, 0.2) is 12.2 Å². The van der Waals surface area contributed by atoms with E-state index in [-0.39, 0.29) is 17.2 Å². The molecule has 0 fully saturated rings. The number of nitrogens with one attached hydrogen (secondary N) is 2. The van der Waals surface area contributed by atoms with E-state index < -0.39 is 38.3 Å². The Labute approximate surface area is 167 Å². The lowest BCUT2D eigenvalue weighted by atomic mass is 10.3. The highest BCUT2D eigenvalue weighted by molar-refractivity contribution is 7.93. The average molecular weight is 441 g/mol. The van der Waals surface area contributed by atoms with E-state index in [0.29, 0.717) is 6.07 Å². The van der Waals surface area contributed by atoms with Gasteiger partial charge < -0.3 is 10.4 Å². The fourth-order valence-electron chi connectivity index (χ4n) is 2.25. The van der Waals surface area contributed by atoms with Crippen LogP contribution in [-0.2, 0) is 28.4 Å². The molecule has 1 aromatic carbocycles. The van der Waals surface area contributed by atoms with Crippen LogP contribution in [-0.4, -0.2) is 40.2 Å². The number of hydrogen-bond donors (Lipinski definition) is 3. The standard InChI is InChI=1S/C15H13FN6O5S2/c1-21-6-18-22(8-21)5-12(23)19-11-3-2-9(4-10(11)16)29(26,27)20-14-13(15(24)25)17-7-28-14/h2-4,6-8,20H,5H2,1H3,(H-,19,23,24,25)/p+1. The fraction of sp³-hybridized carbons (Fsp3) is 0.133. The Morgan fingerprint density at radius 3 is 2.76 bits per heavy atom. The minimum absolute atomic E-state index is 0.161. The minimum Gasteiger partial charge on any atom is -0.476 e. The highest BCUT2D eigenvalue weighted by Crippen LogP contribution is 2.25. The minimum atomic E-state index is -4.27. The van der Waals surface area contributed by atoms with Crippen molar-refractivity contribution in [1.82, 2.24) is 14.8 Å². The molecule has 2 aromatic heterocycles. The van der Waals surface area contributed by atoms with Gasteiger partial charge in [0.2, 0.25) is 6.33 Å². The molecule has 152 valence electrons. The zero-order valence-electron chi connectivity index (χ0n) is 14.7. The molecule has 3 rings (SSSR count). The maximum atomic E-state index is 14.3. The third kappa shape index (κ3) is 4.72. The lowest BCUT2D eigenvalue weighted by Gasteiger charge is -2.09. The molecule has 0 bridgehead atoms. The lowest BCUT2D eigenvalue weighted by Crippen LogP contribution is -2.25. The van der Waals surface area contributed by atoms with E-state index in [9.17, 15) is 22.4 Å². The van der Waals surface area contributed by atoms with Crippen LogP contribution in [0, 0.1) is 5.82 Å². The molecule has 2 heterocycles. The molecule has 0 unspecified atom stereocenters. The average Bonchev–Trinajstić information content (AvgIpc) is 3.25. The van der Waals surface area contributed by atoms with Crippen LogP contribution >= 0.6 is 11.3 Å². The Bertz CT molecular complexity index is 1190. The van der Waals surface area contributed by atoms with Crippen LogP contribution in [0.2, 0.25) is 0 Å². The molecule has 0 spiro atoms. The van der Waals surface area contributed by atoms with Gasteiger partial charge in [-0.25, -0.2) is 27.2 Å². The number of aryl methyl sites for hydroxylation is 1. The summed E-state index contributed by atoms with van der Waals surface area (Å²) in [5.41, 5.74) is 0.490. The first-order chi connectivity index (χ1) is 13.7. The number of carboxylic acids is 1. The van der Waals surface area contributed by atoms with Crippen molar-refractivity contribution in [2.45, 2.75) is 11.4 Å². The number of sulfonamides is 1. The van der Waals surface area contributed by atoms with E-state index >= 15 is 0 Å². The molecule has 3 N–H and O–H groups in total. The zero-order chi connectivity index (χ0) is 21.2. The first kappa shape index (κ1) is 20.3. The number of amides is 1. The molecule has 3 aromatic rings. The van der Waals surface area contributed by atoms with Crippen LogP contribution in [0.25, 0.3) is 0 Å². The number of carbonyl (C=O) groups is 2. The monoisotopic (exact) mass is 441 g/mol. The number of carbonyl (C=O) groups excluding carboxylic acids is 1. The van der Waals surface area contributed by atoms with Crippen molar-refractivity contribution in [3.63, 3.8) is 0 Å². The van der Waals surface area contributed by atoms with Crippen LogP contribution in [0.5, 0.6) is 0 Å². The maximum absolute atomic E-state index is 14.3. The zero-order valence-corrected chi connectivity index (χ0v) is 16.4. The van der Waals surface area contributed by atoms with E-state index in [0.717, 1.165) is 23.5 Å². The van der Waals surface area contributed by atoms with E-state index in [2.05, 4.69) is 20.1 Å². The quantitative estimate of drug-likeness (QED) is 0.451. The van der Waals surface area contributed by atoms with Gasteiger partial charge in [-0.2, -0.15) is 0 Å². The maximum Gasteiger partial charge on any atom is 0.357 e. The van der Waals surface area contributed by atoms with Gasteiger partial charge >= 0.3 is 5.97 Å². The largest absolute Gasteiger partial charge is 0.476 e. The summed E-state index contributed by atoms with van der Waals surface area (Å²) < 4.78 is 44.2. The molecule has 14 heteroatoms. The number of aromatic nitrogens is 4. The van der Waals surface area contributed by atoms with Gasteiger partial charge in [-0.05, 0) is 18.2 Å². The number of thiazole rings is 1. The van der Waals surface area contributed by atoms with Crippen molar-refractivity contribution >= 4 is 43.9 Å². The second-order valence-electron chi connectivity index (χ2n) is 5.74. The smallest absolute Gasteiger partial charge is 0.357 e. The first-order valence-electron chi connectivity index (χ1n) is 7.82. The molecule has 0 atom stereocenters. The van der Waals surface area contributed by atoms with Gasteiger partial charge in [-0.15, -0.1) is 16.0 Å². The van der Waals surface area contributed by atoms with Gasteiger partial charge in [0.1, 0.15) is 10.8 Å². The highest BCUT2D eigenvalue weighted by Gasteiger charge is 2.22. The molecule has 0 aliphatic carbocycles. The number of hydrogen-bond acceptors (Lipinski definition) is 7. The van der Waals surface area contributed by atoms with E-state index in [4.69, 9.17) is 5.11 Å². The summed E-state index contributed by atoms with van der Waals surface area (Å²) in [6.07, 6.45) is 3.04. The summed E-state index contributed by atoms with van der Waals surface area (Å²) in [6, 6.07) is 2.89. The van der Waals surface area contributed by atoms with Crippen molar-refractivity contribution in [2.75, 3.05) is 10.0 Å². The van der Waals surface area contributed by atoms with Crippen molar-refractivity contribution in [3.05, 3.63) is 47.9 Å². The van der Waals surface area contributed by atoms with Crippen LogP contribution in [0.15, 0.2) is 41.3 Å². The summed E-state index contributed by atoms with van der Waals surface area (Å²) in [6.45, 7) is -0.161. The van der Waals surface area contributed by atoms with Crippen molar-refractivity contribution in [1.29, 1.82) is 0 Å². The topological polar surface area (TPSA) is 147 Å². The number of benzene rings is 1. The van der Waals surface area contributed by atoms with E-state index in [1.165, 1.54) is 16.5 Å². The molecule has 0 saturated heterocycles. The van der Waals surface area contributed by atoms with E-state index in [1.807, 2.05) is 0 Å². The number of rotatable bonds is 7. The normalized spacial score (nSPS) is 11.2. The summed E-state index contributed by atoms with van der Waals surface area (Å²) in [5.74, 6) is -2.94. The second kappa shape index (κ2) is 7.92. The summed E-state index contributed by atoms with van der Waals surface area (Å²) in [7, 11) is -2.54. The van der Waals surface area contributed by atoms with Crippen LogP contribution < -0.4 is 14.6 Å². The van der Waals surface area contributed by atoms with Gasteiger partial charge in [0, 0.05) is 5.10 Å². The molecular formula is C15H14FN6O5S2+. The van der Waals surface area contributed by atoms with Gasteiger partial charge in [-0.1, -0.05) is 0 Å². The molecular weight excluding hydrogens is 427 g/mol. The molecule has 0 aliphatic heterocycles. The summed E-state index contributed by atoms with van der Waals surface area (Å²) >= 11 is 0.775. The predicted octanol–water partition coefficient (Wildman–Crippen LogP) is 0.441. The number of nitrogens with zero attached hydrogens (tertiary/aromatic N) is 4. The second-order valence-corrected chi connectivity index (χ2v) is 8.28. The molecule has 0 radical (unpaired) electrons. The Hall–Kier alpha value is -3.39. The molecule has 11 nitrogen and oxygen atoms in total. The van der Waals surface area contributed by atoms with Crippen molar-refractivity contribution < 1.29 is 32.1 Å². The third-order valence-corrected chi connectivity index (χ3v) is 5.74. The Morgan fingerprint density at radius 2 is 2.14 bits per heavy atom. The molecule has 29 heavy (non-hydrogen) atoms. The van der Waals surface area contributed by atoms with Gasteiger partial charge in [0.25, 0.3) is 22.3 Å². The Morgan fingerprint density at radius 1 is 1.38 bits per heavy atom. The Balaban J connectivity index is 1.75. The molecule has 1 amide bonds. The predicted molar refractivity (Wildman–Crippen MR) is 98.3 cm³/mol. The number of carboxylic acid groups (broad SMARTS) is 1. The van der Waals surface area contributed by atoms with Crippen LogP contribution in [0.1, 0.15) is 10.5 Å². The SMILES string of the molecule is C[n+]1cnn(CC(=O)Nc2ccc(S(=O)(=O)Nc3scnc3C(=O)O)cc2F)c1. The summed E-state index contributed by atoms with van der Waals surface area (Å²) in [4.78, 5) is 26.1. The fourth-order valence-corrected chi connectivity index (χ4v) is 4.25. The van der Waals surface area contributed by atoms with Crippen molar-refractivity contribution in [2.24, 2.45) is 7.05 Å². The third-order valence-electron chi connectivity index (χ3n) is 3.53. The van der Waals surface area contributed by atoms with Crippen LogP contribution in [0.4, 0.5) is 15.1 Å². The number of anilines is 2. The first-order valence-corrected chi connectivity index (χ1v) is 10.2.